The van der Waals surface area contributed by atoms with Crippen LogP contribution in [0, 0.1) is 12.8 Å². The molecule has 4 rings (SSSR count). The van der Waals surface area contributed by atoms with E-state index in [2.05, 4.69) is 24.0 Å². The van der Waals surface area contributed by atoms with Crippen LogP contribution in [0.1, 0.15) is 29.0 Å². The lowest BCUT2D eigenvalue weighted by Crippen LogP contribution is -2.53. The zero-order valence-corrected chi connectivity index (χ0v) is 13.5. The van der Waals surface area contributed by atoms with Crippen molar-refractivity contribution in [3.8, 4) is 5.75 Å². The molecule has 0 amide bonds. The van der Waals surface area contributed by atoms with Crippen molar-refractivity contribution >= 4 is 13.5 Å². The molecule has 1 aromatic carbocycles. The summed E-state index contributed by atoms with van der Waals surface area (Å²) in [5.41, 5.74) is 9.66. The molecule has 2 aliphatic heterocycles. The minimum absolute atomic E-state index is 0.446. The van der Waals surface area contributed by atoms with Crippen LogP contribution in [0.3, 0.4) is 0 Å². The second-order valence-corrected chi connectivity index (χ2v) is 7.41. The van der Waals surface area contributed by atoms with Gasteiger partial charge in [-0.1, -0.05) is 12.1 Å². The van der Waals surface area contributed by atoms with Gasteiger partial charge in [-0.2, -0.15) is 0 Å². The molecule has 1 saturated carbocycles. The summed E-state index contributed by atoms with van der Waals surface area (Å²) in [5.74, 6) is 2.29. The minimum atomic E-state index is -0.922. The van der Waals surface area contributed by atoms with E-state index in [9.17, 15) is 4.79 Å². The number of likely N-dealkylation sites (tertiary alicyclic amines) is 1. The van der Waals surface area contributed by atoms with Crippen molar-refractivity contribution in [2.45, 2.75) is 37.5 Å². The number of hydrogen-bond donors (Lipinski definition) is 2. The van der Waals surface area contributed by atoms with Gasteiger partial charge in [0, 0.05) is 19.6 Å². The zero-order chi connectivity index (χ0) is 16.1. The summed E-state index contributed by atoms with van der Waals surface area (Å²) in [6.07, 6.45) is 2.32. The van der Waals surface area contributed by atoms with Crippen LogP contribution in [0.5, 0.6) is 5.75 Å². The molecule has 6 heteroatoms. The fraction of sp³-hybridized carbons (Fsp3) is 0.588. The molecule has 1 aromatic rings. The van der Waals surface area contributed by atoms with Gasteiger partial charge in [-0.25, -0.2) is 0 Å². The van der Waals surface area contributed by atoms with Gasteiger partial charge in [0.1, 0.15) is 11.8 Å². The molecular formula is C17H23BN2O3. The van der Waals surface area contributed by atoms with Gasteiger partial charge in [-0.15, -0.1) is 0 Å². The highest BCUT2D eigenvalue weighted by atomic mass is 16.4. The van der Waals surface area contributed by atoms with Gasteiger partial charge in [0.05, 0.1) is 0 Å². The van der Waals surface area contributed by atoms with Crippen LogP contribution in [0.25, 0.3) is 0 Å². The molecule has 1 aliphatic carbocycles. The first kappa shape index (κ1) is 15.0. The van der Waals surface area contributed by atoms with E-state index < -0.39 is 12.0 Å². The molecule has 0 radical (unpaired) electrons. The summed E-state index contributed by atoms with van der Waals surface area (Å²) in [6, 6.07) is 3.75. The summed E-state index contributed by atoms with van der Waals surface area (Å²) in [4.78, 5) is 12.9. The Labute approximate surface area is 137 Å². The number of fused-ring (bicyclic) bond motifs is 3. The number of rotatable bonds is 5. The molecule has 3 atom stereocenters. The number of carboxylic acid groups (broad SMARTS) is 1. The molecule has 0 aromatic heterocycles. The second kappa shape index (κ2) is 5.53. The number of nitrogens with two attached hydrogens (primary N) is 1. The molecule has 3 unspecified atom stereocenters. The van der Waals surface area contributed by atoms with Gasteiger partial charge in [0.25, 0.3) is 0 Å². The maximum Gasteiger partial charge on any atom is 0.343 e. The second-order valence-electron chi connectivity index (χ2n) is 7.41. The normalized spacial score (nSPS) is 27.0. The van der Waals surface area contributed by atoms with Crippen LogP contribution >= 0.6 is 0 Å². The lowest BCUT2D eigenvalue weighted by molar-refractivity contribution is -0.139. The third kappa shape index (κ3) is 2.74. The molecule has 0 spiro atoms. The highest BCUT2D eigenvalue weighted by Crippen LogP contribution is 2.58. The van der Waals surface area contributed by atoms with Gasteiger partial charge >= 0.3 is 13.5 Å². The summed E-state index contributed by atoms with van der Waals surface area (Å²) < 4.78 is 5.99. The van der Waals surface area contributed by atoms with E-state index in [4.69, 9.17) is 15.5 Å². The fourth-order valence-corrected chi connectivity index (χ4v) is 4.08. The van der Waals surface area contributed by atoms with Crippen molar-refractivity contribution in [3.05, 3.63) is 28.8 Å². The molecule has 1 saturated heterocycles. The smallest absolute Gasteiger partial charge is 0.343 e. The number of carbonyl (C=O) groups is 1. The quantitative estimate of drug-likeness (QED) is 0.790. The molecule has 23 heavy (non-hydrogen) atoms. The highest BCUT2D eigenvalue weighted by molar-refractivity contribution is 6.33. The Hall–Kier alpha value is -1.53. The topological polar surface area (TPSA) is 75.8 Å². The van der Waals surface area contributed by atoms with Crippen molar-refractivity contribution in [2.24, 2.45) is 11.7 Å². The number of carboxylic acids is 1. The summed E-state index contributed by atoms with van der Waals surface area (Å²) in [5, 5.41) is 8.86. The number of benzene rings is 1. The van der Waals surface area contributed by atoms with Gasteiger partial charge in [0.15, 0.2) is 0 Å². The fourth-order valence-electron chi connectivity index (χ4n) is 4.08. The van der Waals surface area contributed by atoms with Crippen LogP contribution in [0.15, 0.2) is 12.1 Å². The first-order valence-corrected chi connectivity index (χ1v) is 8.49. The lowest BCUT2D eigenvalue weighted by Gasteiger charge is -2.40. The van der Waals surface area contributed by atoms with Gasteiger partial charge < -0.3 is 20.4 Å². The van der Waals surface area contributed by atoms with Crippen LogP contribution in [-0.4, -0.2) is 49.1 Å². The standard InChI is InChI=1S/C17H23BN2O3/c1-9-11(2-3-12-13-5-14(13)18-23-16(9)12)4-10-6-20(7-10)8-15(19)17(21)22/h2-3,10,13-15,18H,4-8,19H2,1H3,(H,21,22). The van der Waals surface area contributed by atoms with Gasteiger partial charge in [-0.3, -0.25) is 4.79 Å². The summed E-state index contributed by atoms with van der Waals surface area (Å²) >= 11 is 0. The van der Waals surface area contributed by atoms with E-state index in [0.29, 0.717) is 12.5 Å². The van der Waals surface area contributed by atoms with E-state index in [1.165, 1.54) is 23.1 Å². The monoisotopic (exact) mass is 314 g/mol. The molecule has 3 aliphatic rings. The van der Waals surface area contributed by atoms with E-state index >= 15 is 0 Å². The van der Waals surface area contributed by atoms with E-state index in [0.717, 1.165) is 44.5 Å². The Kier molecular flexibility index (Phi) is 3.61. The molecule has 0 bridgehead atoms. The van der Waals surface area contributed by atoms with E-state index in [-0.39, 0.29) is 0 Å². The zero-order valence-electron chi connectivity index (χ0n) is 13.5. The Morgan fingerprint density at radius 3 is 3.04 bits per heavy atom. The molecule has 2 fully saturated rings. The number of hydrogen-bond acceptors (Lipinski definition) is 4. The predicted octanol–water partition coefficient (Wildman–Crippen LogP) is 0.901. The Morgan fingerprint density at radius 2 is 2.30 bits per heavy atom. The Morgan fingerprint density at radius 1 is 1.52 bits per heavy atom. The summed E-state index contributed by atoms with van der Waals surface area (Å²) in [6.45, 7) is 4.49. The minimum Gasteiger partial charge on any atom is -0.564 e. The first-order chi connectivity index (χ1) is 11.0. The predicted molar refractivity (Wildman–Crippen MR) is 89.3 cm³/mol. The van der Waals surface area contributed by atoms with Crippen molar-refractivity contribution in [1.29, 1.82) is 0 Å². The maximum absolute atomic E-state index is 10.8. The first-order valence-electron chi connectivity index (χ1n) is 8.49. The van der Waals surface area contributed by atoms with Crippen LogP contribution in [-0.2, 0) is 11.2 Å². The molecular weight excluding hydrogens is 291 g/mol. The van der Waals surface area contributed by atoms with Crippen molar-refractivity contribution < 1.29 is 14.6 Å². The molecule has 3 N–H and O–H groups in total. The SMILES string of the molecule is Cc1c(CC2CN(CC(N)C(=O)O)C2)ccc2c1OBC1CC21. The molecule has 5 nitrogen and oxygen atoms in total. The van der Waals surface area contributed by atoms with Gasteiger partial charge in [-0.05, 0) is 54.1 Å². The van der Waals surface area contributed by atoms with Crippen LogP contribution in [0.2, 0.25) is 5.82 Å². The van der Waals surface area contributed by atoms with E-state index in [1.807, 2.05) is 0 Å². The lowest BCUT2D eigenvalue weighted by atomic mass is 9.82. The largest absolute Gasteiger partial charge is 0.564 e. The van der Waals surface area contributed by atoms with Crippen molar-refractivity contribution in [2.75, 3.05) is 19.6 Å². The third-order valence-corrected chi connectivity index (χ3v) is 5.63. The van der Waals surface area contributed by atoms with Crippen molar-refractivity contribution in [1.82, 2.24) is 4.90 Å². The average molecular weight is 314 g/mol. The third-order valence-electron chi connectivity index (χ3n) is 5.63. The Balaban J connectivity index is 1.37. The van der Waals surface area contributed by atoms with E-state index in [1.54, 1.807) is 0 Å². The maximum atomic E-state index is 10.8. The average Bonchev–Trinajstić information content (AvgIpc) is 3.26. The molecule has 2 heterocycles. The number of aliphatic carboxylic acids is 1. The highest BCUT2D eigenvalue weighted by Gasteiger charge is 2.45. The summed E-state index contributed by atoms with van der Waals surface area (Å²) in [7, 11) is 0.881. The van der Waals surface area contributed by atoms with Crippen molar-refractivity contribution in [3.63, 3.8) is 0 Å². The number of nitrogens with zero attached hydrogens (tertiary/aromatic N) is 1. The van der Waals surface area contributed by atoms with Gasteiger partial charge in [0.2, 0.25) is 0 Å². The Bertz CT molecular complexity index is 645. The molecule has 122 valence electrons. The van der Waals surface area contributed by atoms with Crippen LogP contribution in [0.4, 0.5) is 0 Å². The van der Waals surface area contributed by atoms with Crippen LogP contribution < -0.4 is 10.4 Å².